The van der Waals surface area contributed by atoms with E-state index in [9.17, 15) is 9.59 Å². The number of nitrogens with one attached hydrogen (secondary N) is 2. The van der Waals surface area contributed by atoms with Crippen LogP contribution >= 0.6 is 37.2 Å². The highest BCUT2D eigenvalue weighted by Crippen LogP contribution is 2.25. The second-order valence-corrected chi connectivity index (χ2v) is 8.11. The Bertz CT molecular complexity index is 960. The minimum Gasteiger partial charge on any atom is -0.448 e. The fourth-order valence-corrected chi connectivity index (χ4v) is 4.09. The van der Waals surface area contributed by atoms with E-state index in [2.05, 4.69) is 39.4 Å². The fourth-order valence-electron chi connectivity index (χ4n) is 4.09. The summed E-state index contributed by atoms with van der Waals surface area (Å²) in [6.45, 7) is 11.6. The van der Waals surface area contributed by atoms with Gasteiger partial charge < -0.3 is 20.3 Å². The molecule has 3 heterocycles. The van der Waals surface area contributed by atoms with Gasteiger partial charge in [-0.15, -0.1) is 42.3 Å². The number of piperazine rings is 1. The van der Waals surface area contributed by atoms with Crippen molar-refractivity contribution in [3.05, 3.63) is 41.1 Å². The topological polar surface area (TPSA) is 91.7 Å². The number of nitrogens with zero attached hydrogens (tertiary/aromatic N) is 4. The summed E-state index contributed by atoms with van der Waals surface area (Å²) in [5, 5.41) is 10.3. The van der Waals surface area contributed by atoms with Crippen molar-refractivity contribution < 1.29 is 14.3 Å². The maximum Gasteiger partial charge on any atom is 0.435 e. The lowest BCUT2D eigenvalue weighted by atomic mass is 10.1. The van der Waals surface area contributed by atoms with Gasteiger partial charge in [0, 0.05) is 62.1 Å². The van der Waals surface area contributed by atoms with Crippen LogP contribution in [-0.4, -0.2) is 65.5 Å². The quantitative estimate of drug-likeness (QED) is 0.605. The van der Waals surface area contributed by atoms with Gasteiger partial charge in [0.2, 0.25) is 0 Å². The van der Waals surface area contributed by atoms with Crippen molar-refractivity contribution >= 4 is 60.7 Å². The minimum absolute atomic E-state index is 0. The first-order valence-corrected chi connectivity index (χ1v) is 10.9. The molecule has 1 amide bonds. The molecule has 0 spiro atoms. The van der Waals surface area contributed by atoms with Gasteiger partial charge in [0.05, 0.1) is 12.3 Å². The molecule has 1 fully saturated rings. The molecule has 9 nitrogen and oxygen atoms in total. The van der Waals surface area contributed by atoms with Crippen LogP contribution in [0.1, 0.15) is 42.4 Å². The third kappa shape index (κ3) is 6.34. The molecule has 2 aromatic rings. The number of anilines is 2. The molecule has 34 heavy (non-hydrogen) atoms. The molecule has 1 aromatic carbocycles. The van der Waals surface area contributed by atoms with E-state index in [-0.39, 0.29) is 49.7 Å². The van der Waals surface area contributed by atoms with Crippen molar-refractivity contribution in [3.63, 3.8) is 0 Å². The lowest BCUT2D eigenvalue weighted by Crippen LogP contribution is -2.48. The van der Waals surface area contributed by atoms with E-state index in [1.165, 1.54) is 4.68 Å². The Morgan fingerprint density at radius 1 is 1.06 bits per heavy atom. The van der Waals surface area contributed by atoms with E-state index in [1.54, 1.807) is 6.92 Å². The Balaban J connectivity index is 0.00000193. The number of benzene rings is 1. The van der Waals surface area contributed by atoms with Gasteiger partial charge >= 0.3 is 6.09 Å². The highest BCUT2D eigenvalue weighted by Gasteiger charge is 2.27. The van der Waals surface area contributed by atoms with Crippen molar-refractivity contribution in [2.75, 3.05) is 43.0 Å². The lowest BCUT2D eigenvalue weighted by Gasteiger charge is -2.38. The largest absolute Gasteiger partial charge is 0.448 e. The summed E-state index contributed by atoms with van der Waals surface area (Å²) in [4.78, 5) is 29.8. The van der Waals surface area contributed by atoms with Gasteiger partial charge in [-0.1, -0.05) is 0 Å². The molecular weight excluding hydrogens is 503 g/mol. The lowest BCUT2D eigenvalue weighted by molar-refractivity contribution is 0.102. The molecule has 4 rings (SSSR count). The van der Waals surface area contributed by atoms with Crippen LogP contribution in [0.5, 0.6) is 0 Å². The number of carbonyl (C=O) groups excluding carboxylic acids is 2. The van der Waals surface area contributed by atoms with E-state index in [4.69, 9.17) is 4.74 Å². The van der Waals surface area contributed by atoms with Crippen LogP contribution in [0.15, 0.2) is 24.3 Å². The molecule has 1 aromatic heterocycles. The molecule has 2 aliphatic heterocycles. The number of hydrogen-bond acceptors (Lipinski definition) is 7. The summed E-state index contributed by atoms with van der Waals surface area (Å²) in [7, 11) is 0. The zero-order valence-electron chi connectivity index (χ0n) is 19.6. The maximum atomic E-state index is 12.8. The van der Waals surface area contributed by atoms with Crippen LogP contribution in [0.3, 0.4) is 0 Å². The maximum absolute atomic E-state index is 12.8. The Hall–Kier alpha value is -2.04. The second kappa shape index (κ2) is 13.2. The van der Waals surface area contributed by atoms with E-state index < -0.39 is 6.09 Å². The zero-order chi connectivity index (χ0) is 22.0. The number of aromatic nitrogens is 2. The van der Waals surface area contributed by atoms with Crippen molar-refractivity contribution in [1.29, 1.82) is 0 Å². The minimum atomic E-state index is -0.537. The van der Waals surface area contributed by atoms with Gasteiger partial charge in [0.15, 0.2) is 5.82 Å². The summed E-state index contributed by atoms with van der Waals surface area (Å²) in [5.41, 5.74) is 3.22. The van der Waals surface area contributed by atoms with Gasteiger partial charge in [-0.25, -0.2) is 4.79 Å². The molecule has 0 bridgehead atoms. The molecular formula is C22H33Cl3N6O3. The van der Waals surface area contributed by atoms with Gasteiger partial charge in [-0.3, -0.25) is 9.69 Å². The van der Waals surface area contributed by atoms with Crippen LogP contribution < -0.4 is 15.5 Å². The summed E-state index contributed by atoms with van der Waals surface area (Å²) in [5.74, 6) is 0.145. The molecule has 1 saturated heterocycles. The van der Waals surface area contributed by atoms with E-state index in [0.29, 0.717) is 30.5 Å². The highest BCUT2D eigenvalue weighted by atomic mass is 35.5. The number of rotatable bonds is 5. The third-order valence-electron chi connectivity index (χ3n) is 5.90. The summed E-state index contributed by atoms with van der Waals surface area (Å²) in [6.07, 6.45) is -0.537. The molecule has 0 unspecified atom stereocenters. The average molecular weight is 536 g/mol. The Kier molecular flexibility index (Phi) is 11.6. The zero-order valence-corrected chi connectivity index (χ0v) is 22.0. The summed E-state index contributed by atoms with van der Waals surface area (Å²) >= 11 is 0. The van der Waals surface area contributed by atoms with Crippen molar-refractivity contribution in [3.8, 4) is 0 Å². The molecule has 2 N–H and O–H groups in total. The molecule has 0 atom stereocenters. The first kappa shape index (κ1) is 30.0. The number of hydrogen-bond donors (Lipinski definition) is 2. The number of carbonyl (C=O) groups is 2. The standard InChI is InChI=1S/C22H30N6O3.3ClH/c1-4-31-22(30)28-19-14-23-13-18(19)20(25-28)24-21(29)16-5-7-17(8-6-16)27-11-9-26(10-12-27)15(2)3;;;/h5-8,15,23H,4,9-14H2,1-3H3,(H,24,25,29);3*1H. The van der Waals surface area contributed by atoms with Gasteiger partial charge in [0.1, 0.15) is 0 Å². The second-order valence-electron chi connectivity index (χ2n) is 8.11. The highest BCUT2D eigenvalue weighted by molar-refractivity contribution is 6.04. The fraction of sp³-hybridized carbons (Fsp3) is 0.500. The average Bonchev–Trinajstić information content (AvgIpc) is 3.38. The van der Waals surface area contributed by atoms with Crippen molar-refractivity contribution in [1.82, 2.24) is 20.0 Å². The molecule has 190 valence electrons. The number of amides is 1. The van der Waals surface area contributed by atoms with Crippen LogP contribution in [0.25, 0.3) is 0 Å². The van der Waals surface area contributed by atoms with Gasteiger partial charge in [-0.2, -0.15) is 4.68 Å². The Morgan fingerprint density at radius 3 is 2.29 bits per heavy atom. The Morgan fingerprint density at radius 2 is 1.71 bits per heavy atom. The van der Waals surface area contributed by atoms with Crippen LogP contribution in [0, 0.1) is 0 Å². The first-order chi connectivity index (χ1) is 15.0. The van der Waals surface area contributed by atoms with E-state index >= 15 is 0 Å². The van der Waals surface area contributed by atoms with Crippen LogP contribution in [0.4, 0.5) is 16.3 Å². The number of ether oxygens (including phenoxy) is 1. The van der Waals surface area contributed by atoms with Crippen molar-refractivity contribution in [2.45, 2.75) is 39.9 Å². The SMILES string of the molecule is CCOC(=O)n1nc(NC(=O)c2ccc(N3CCN(C(C)C)CC3)cc2)c2c1CNC2.Cl.Cl.Cl. The van der Waals surface area contributed by atoms with Crippen LogP contribution in [-0.2, 0) is 17.8 Å². The molecule has 0 radical (unpaired) electrons. The monoisotopic (exact) mass is 534 g/mol. The summed E-state index contributed by atoms with van der Waals surface area (Å²) in [6, 6.07) is 8.21. The predicted octanol–water partition coefficient (Wildman–Crippen LogP) is 3.54. The van der Waals surface area contributed by atoms with Crippen LogP contribution in [0.2, 0.25) is 0 Å². The van der Waals surface area contributed by atoms with E-state index in [0.717, 1.165) is 43.1 Å². The van der Waals surface area contributed by atoms with E-state index in [1.807, 2.05) is 24.3 Å². The predicted molar refractivity (Wildman–Crippen MR) is 140 cm³/mol. The van der Waals surface area contributed by atoms with Crippen molar-refractivity contribution in [2.24, 2.45) is 0 Å². The molecule has 0 aliphatic carbocycles. The normalized spacial score (nSPS) is 15.0. The third-order valence-corrected chi connectivity index (χ3v) is 5.90. The summed E-state index contributed by atoms with van der Waals surface area (Å²) < 4.78 is 6.29. The number of halogens is 3. The molecule has 0 saturated carbocycles. The van der Waals surface area contributed by atoms with Gasteiger partial charge in [0.25, 0.3) is 5.91 Å². The first-order valence-electron chi connectivity index (χ1n) is 10.9. The molecule has 2 aliphatic rings. The van der Waals surface area contributed by atoms with Gasteiger partial charge in [-0.05, 0) is 45.0 Å². The molecule has 12 heteroatoms. The smallest absolute Gasteiger partial charge is 0.435 e. The Labute approximate surface area is 218 Å². The number of fused-ring (bicyclic) bond motifs is 1.